The molecule has 0 atom stereocenters. The maximum atomic E-state index is 6.20. The molecule has 1 aliphatic heterocycles. The molecule has 0 saturated heterocycles. The Morgan fingerprint density at radius 3 is 2.82 bits per heavy atom. The van der Waals surface area contributed by atoms with Crippen LogP contribution in [0.5, 0.6) is 0 Å². The Balaban J connectivity index is 1.89. The summed E-state index contributed by atoms with van der Waals surface area (Å²) >= 11 is 0. The summed E-state index contributed by atoms with van der Waals surface area (Å²) in [7, 11) is 1.70. The first kappa shape index (κ1) is 19.1. The molecule has 4 heterocycles. The zero-order valence-corrected chi connectivity index (χ0v) is 17.3. The molecule has 28 heavy (non-hydrogen) atoms. The van der Waals surface area contributed by atoms with Gasteiger partial charge in [0.2, 0.25) is 5.71 Å². The Labute approximate surface area is 164 Å². The summed E-state index contributed by atoms with van der Waals surface area (Å²) in [5, 5.41) is 4.33. The number of fused-ring (bicyclic) bond motifs is 5. The number of methoxy groups -OCH3 is 1. The molecule has 7 heteroatoms. The number of rotatable bonds is 6. The minimum absolute atomic E-state index is 0.229. The van der Waals surface area contributed by atoms with Crippen LogP contribution < -0.4 is 5.32 Å². The molecule has 0 unspecified atom stereocenters. The van der Waals surface area contributed by atoms with E-state index >= 15 is 0 Å². The average molecular weight is 384 g/mol. The molecular weight excluding hydrogens is 356 g/mol. The van der Waals surface area contributed by atoms with Crippen LogP contribution in [0.3, 0.4) is 0 Å². The number of ether oxygens (including phenoxy) is 2. The molecule has 0 spiro atoms. The second-order valence-corrected chi connectivity index (χ2v) is 8.29. The Kier molecular flexibility index (Phi) is 4.97. The molecule has 0 aromatic carbocycles. The fourth-order valence-corrected chi connectivity index (χ4v) is 3.86. The van der Waals surface area contributed by atoms with E-state index in [9.17, 15) is 0 Å². The predicted molar refractivity (Wildman–Crippen MR) is 109 cm³/mol. The molecule has 1 N–H and O–H groups in total. The largest absolute Gasteiger partial charge is 0.432 e. The van der Waals surface area contributed by atoms with Crippen LogP contribution in [0.25, 0.3) is 22.2 Å². The van der Waals surface area contributed by atoms with Crippen molar-refractivity contribution in [3.8, 4) is 0 Å². The van der Waals surface area contributed by atoms with Gasteiger partial charge in [-0.15, -0.1) is 0 Å². The summed E-state index contributed by atoms with van der Waals surface area (Å²) in [6.45, 7) is 10.6. The molecule has 4 rings (SSSR count). The SMILES string of the molecule is COCCCNc1ncnc2c1oc1nc(C(C)C)c3c(c12)CC(C)(C)OC3. The first-order valence-corrected chi connectivity index (χ1v) is 9.87. The van der Waals surface area contributed by atoms with E-state index in [0.29, 0.717) is 30.3 Å². The van der Waals surface area contributed by atoms with Gasteiger partial charge in [0.1, 0.15) is 11.8 Å². The van der Waals surface area contributed by atoms with Crippen LogP contribution in [0.1, 0.15) is 56.9 Å². The molecule has 0 bridgehead atoms. The smallest absolute Gasteiger partial charge is 0.229 e. The molecule has 3 aromatic rings. The average Bonchev–Trinajstić information content (AvgIpc) is 3.03. The van der Waals surface area contributed by atoms with Gasteiger partial charge in [-0.05, 0) is 31.7 Å². The first-order chi connectivity index (χ1) is 13.4. The molecule has 150 valence electrons. The second-order valence-electron chi connectivity index (χ2n) is 8.29. The van der Waals surface area contributed by atoms with Crippen LogP contribution in [0.15, 0.2) is 10.7 Å². The van der Waals surface area contributed by atoms with E-state index in [2.05, 4.69) is 43.0 Å². The summed E-state index contributed by atoms with van der Waals surface area (Å²) in [6.07, 6.45) is 3.28. The van der Waals surface area contributed by atoms with Gasteiger partial charge in [-0.25, -0.2) is 15.0 Å². The number of nitrogens with zero attached hydrogens (tertiary/aromatic N) is 3. The van der Waals surface area contributed by atoms with Crippen LogP contribution in [-0.4, -0.2) is 40.8 Å². The topological polar surface area (TPSA) is 82.3 Å². The Hall–Kier alpha value is -2.25. The van der Waals surface area contributed by atoms with Gasteiger partial charge in [0.05, 0.1) is 23.3 Å². The fourth-order valence-electron chi connectivity index (χ4n) is 3.86. The van der Waals surface area contributed by atoms with Gasteiger partial charge in [0.15, 0.2) is 11.4 Å². The first-order valence-electron chi connectivity index (χ1n) is 9.87. The van der Waals surface area contributed by atoms with E-state index in [-0.39, 0.29) is 11.5 Å². The summed E-state index contributed by atoms with van der Waals surface area (Å²) in [4.78, 5) is 13.8. The number of anilines is 1. The van der Waals surface area contributed by atoms with E-state index in [1.54, 1.807) is 13.4 Å². The molecule has 7 nitrogen and oxygen atoms in total. The summed E-state index contributed by atoms with van der Waals surface area (Å²) < 4.78 is 17.4. The third-order valence-electron chi connectivity index (χ3n) is 5.22. The van der Waals surface area contributed by atoms with Crippen molar-refractivity contribution in [2.24, 2.45) is 0 Å². The standard InChI is InChI=1S/C21H28N4O3/c1-12(2)16-14-10-27-21(3,4)9-13(14)15-17-18(28-20(15)25-16)19(24-11-23-17)22-7-6-8-26-5/h11-12H,6-10H2,1-5H3,(H,22,23,24). The molecule has 0 fully saturated rings. The van der Waals surface area contributed by atoms with Crippen LogP contribution in [0.2, 0.25) is 0 Å². The maximum Gasteiger partial charge on any atom is 0.229 e. The van der Waals surface area contributed by atoms with E-state index in [4.69, 9.17) is 18.9 Å². The minimum atomic E-state index is -0.229. The van der Waals surface area contributed by atoms with E-state index in [1.165, 1.54) is 11.1 Å². The summed E-state index contributed by atoms with van der Waals surface area (Å²) in [5.74, 6) is 0.985. The quantitative estimate of drug-likeness (QED) is 0.638. The number of hydrogen-bond donors (Lipinski definition) is 1. The van der Waals surface area contributed by atoms with Crippen LogP contribution in [0.4, 0.5) is 5.82 Å². The van der Waals surface area contributed by atoms with Gasteiger partial charge < -0.3 is 19.2 Å². The normalized spacial score (nSPS) is 16.1. The lowest BCUT2D eigenvalue weighted by molar-refractivity contribution is -0.0402. The minimum Gasteiger partial charge on any atom is -0.432 e. The van der Waals surface area contributed by atoms with Gasteiger partial charge in [-0.1, -0.05) is 13.8 Å². The number of pyridine rings is 1. The van der Waals surface area contributed by atoms with E-state index in [0.717, 1.165) is 36.0 Å². The lowest BCUT2D eigenvalue weighted by Gasteiger charge is -2.33. The van der Waals surface area contributed by atoms with Gasteiger partial charge >= 0.3 is 0 Å². The number of aromatic nitrogens is 3. The van der Waals surface area contributed by atoms with E-state index in [1.807, 2.05) is 0 Å². The van der Waals surface area contributed by atoms with E-state index < -0.39 is 0 Å². The predicted octanol–water partition coefficient (Wildman–Crippen LogP) is 4.19. The molecule has 3 aromatic heterocycles. The van der Waals surface area contributed by atoms with Crippen molar-refractivity contribution >= 4 is 28.0 Å². The highest BCUT2D eigenvalue weighted by Crippen LogP contribution is 2.40. The molecule has 1 aliphatic rings. The Bertz CT molecular complexity index is 1010. The van der Waals surface area contributed by atoms with Gasteiger partial charge in [-0.2, -0.15) is 0 Å². The molecule has 0 aliphatic carbocycles. The third-order valence-corrected chi connectivity index (χ3v) is 5.22. The highest BCUT2D eigenvalue weighted by Gasteiger charge is 2.32. The van der Waals surface area contributed by atoms with Crippen LogP contribution >= 0.6 is 0 Å². The van der Waals surface area contributed by atoms with Crippen molar-refractivity contribution in [2.75, 3.05) is 25.6 Å². The van der Waals surface area contributed by atoms with Gasteiger partial charge in [0.25, 0.3) is 0 Å². The molecular formula is C21H28N4O3. The summed E-state index contributed by atoms with van der Waals surface area (Å²) in [6, 6.07) is 0. The lowest BCUT2D eigenvalue weighted by atomic mass is 9.87. The van der Waals surface area contributed by atoms with Crippen molar-refractivity contribution < 1.29 is 13.9 Å². The Morgan fingerprint density at radius 1 is 1.25 bits per heavy atom. The second kappa shape index (κ2) is 7.29. The maximum absolute atomic E-state index is 6.20. The number of hydrogen-bond acceptors (Lipinski definition) is 7. The van der Waals surface area contributed by atoms with Gasteiger partial charge in [0, 0.05) is 32.2 Å². The van der Waals surface area contributed by atoms with Crippen LogP contribution in [-0.2, 0) is 22.5 Å². The van der Waals surface area contributed by atoms with Crippen molar-refractivity contribution in [1.29, 1.82) is 0 Å². The highest BCUT2D eigenvalue weighted by atomic mass is 16.5. The Morgan fingerprint density at radius 2 is 2.07 bits per heavy atom. The monoisotopic (exact) mass is 384 g/mol. The zero-order chi connectivity index (χ0) is 19.9. The molecule has 0 saturated carbocycles. The number of furan rings is 1. The summed E-state index contributed by atoms with van der Waals surface area (Å²) in [5.41, 5.74) is 5.35. The van der Waals surface area contributed by atoms with Crippen molar-refractivity contribution in [3.05, 3.63) is 23.1 Å². The van der Waals surface area contributed by atoms with Crippen molar-refractivity contribution in [3.63, 3.8) is 0 Å². The third kappa shape index (κ3) is 3.33. The van der Waals surface area contributed by atoms with Crippen molar-refractivity contribution in [1.82, 2.24) is 15.0 Å². The van der Waals surface area contributed by atoms with Crippen LogP contribution in [0, 0.1) is 0 Å². The highest BCUT2D eigenvalue weighted by molar-refractivity contribution is 6.06. The zero-order valence-electron chi connectivity index (χ0n) is 17.3. The molecule has 0 radical (unpaired) electrons. The fraction of sp³-hybridized carbons (Fsp3) is 0.571. The lowest BCUT2D eigenvalue weighted by Crippen LogP contribution is -2.33. The molecule has 0 amide bonds. The van der Waals surface area contributed by atoms with Gasteiger partial charge in [-0.3, -0.25) is 0 Å². The van der Waals surface area contributed by atoms with Crippen molar-refractivity contribution in [2.45, 2.75) is 58.7 Å². The number of nitrogens with one attached hydrogen (secondary N) is 1.